The first kappa shape index (κ1) is 25.5. The van der Waals surface area contributed by atoms with E-state index in [-0.39, 0.29) is 11.9 Å². The van der Waals surface area contributed by atoms with Crippen LogP contribution in [0.3, 0.4) is 0 Å². The van der Waals surface area contributed by atoms with Crippen LogP contribution >= 0.6 is 0 Å². The van der Waals surface area contributed by atoms with Gasteiger partial charge in [-0.3, -0.25) is 0 Å². The van der Waals surface area contributed by atoms with E-state index >= 15 is 0 Å². The summed E-state index contributed by atoms with van der Waals surface area (Å²) in [4.78, 5) is 14.0. The Morgan fingerprint density at radius 3 is 2.47 bits per heavy atom. The summed E-state index contributed by atoms with van der Waals surface area (Å²) >= 11 is 0. The molecule has 34 heavy (non-hydrogen) atoms. The van der Waals surface area contributed by atoms with Crippen LogP contribution in [-0.2, 0) is 20.8 Å². The summed E-state index contributed by atoms with van der Waals surface area (Å²) in [5.74, 6) is -0.236. The van der Waals surface area contributed by atoms with E-state index in [0.29, 0.717) is 43.9 Å². The minimum absolute atomic E-state index is 0.236. The quantitative estimate of drug-likeness (QED) is 0.635. The SMILES string of the molecule is Cc1ccc(CN(CCC2OCC(NC(=O)OC(C)(C)C)CO2)c2ccc(C#N)cc2)cc1F. The molecule has 7 nitrogen and oxygen atoms in total. The number of amides is 1. The molecule has 0 radical (unpaired) electrons. The average molecular weight is 470 g/mol. The van der Waals surface area contributed by atoms with Crippen molar-refractivity contribution < 1.29 is 23.4 Å². The van der Waals surface area contributed by atoms with Crippen molar-refractivity contribution in [2.75, 3.05) is 24.7 Å². The number of hydrogen-bond donors (Lipinski definition) is 1. The monoisotopic (exact) mass is 469 g/mol. The van der Waals surface area contributed by atoms with E-state index in [1.165, 1.54) is 0 Å². The predicted octanol–water partition coefficient (Wildman–Crippen LogP) is 4.67. The molecule has 182 valence electrons. The fourth-order valence-corrected chi connectivity index (χ4v) is 3.53. The second-order valence-electron chi connectivity index (χ2n) is 9.39. The van der Waals surface area contributed by atoms with Gasteiger partial charge < -0.3 is 24.4 Å². The van der Waals surface area contributed by atoms with Crippen molar-refractivity contribution in [3.8, 4) is 6.07 Å². The highest BCUT2D eigenvalue weighted by atomic mass is 19.1. The first-order valence-corrected chi connectivity index (χ1v) is 11.4. The number of hydrogen-bond acceptors (Lipinski definition) is 6. The number of rotatable bonds is 7. The molecule has 0 atom stereocenters. The van der Waals surface area contributed by atoms with Crippen LogP contribution in [0.4, 0.5) is 14.9 Å². The van der Waals surface area contributed by atoms with Crippen molar-refractivity contribution in [3.05, 3.63) is 65.0 Å². The lowest BCUT2D eigenvalue weighted by Crippen LogP contribution is -2.48. The van der Waals surface area contributed by atoms with Crippen LogP contribution in [0, 0.1) is 24.1 Å². The molecule has 2 aromatic carbocycles. The maximum Gasteiger partial charge on any atom is 0.408 e. The molecular formula is C26H32FN3O4. The molecule has 0 aromatic heterocycles. The highest BCUT2D eigenvalue weighted by Crippen LogP contribution is 2.21. The van der Waals surface area contributed by atoms with Gasteiger partial charge in [-0.15, -0.1) is 0 Å². The number of aryl methyl sites for hydroxylation is 1. The normalized spacial score (nSPS) is 18.1. The molecule has 1 fully saturated rings. The van der Waals surface area contributed by atoms with E-state index < -0.39 is 18.0 Å². The van der Waals surface area contributed by atoms with E-state index in [9.17, 15) is 9.18 Å². The number of nitrogens with zero attached hydrogens (tertiary/aromatic N) is 2. The van der Waals surface area contributed by atoms with Gasteiger partial charge in [0, 0.05) is 25.2 Å². The Bertz CT molecular complexity index is 1010. The summed E-state index contributed by atoms with van der Waals surface area (Å²) in [6.07, 6.45) is -0.346. The fourth-order valence-electron chi connectivity index (χ4n) is 3.53. The molecule has 0 saturated carbocycles. The Morgan fingerprint density at radius 2 is 1.88 bits per heavy atom. The zero-order valence-electron chi connectivity index (χ0n) is 20.1. The minimum atomic E-state index is -0.571. The molecule has 2 aromatic rings. The molecule has 8 heteroatoms. The topological polar surface area (TPSA) is 83.8 Å². The van der Waals surface area contributed by atoms with Gasteiger partial charge in [0.15, 0.2) is 6.29 Å². The molecule has 1 N–H and O–H groups in total. The van der Waals surface area contributed by atoms with Crippen LogP contribution in [0.25, 0.3) is 0 Å². The third kappa shape index (κ3) is 7.72. The van der Waals surface area contributed by atoms with Crippen molar-refractivity contribution in [1.29, 1.82) is 5.26 Å². The molecule has 1 saturated heterocycles. The third-order valence-electron chi connectivity index (χ3n) is 5.29. The van der Waals surface area contributed by atoms with E-state index in [0.717, 1.165) is 11.3 Å². The van der Waals surface area contributed by atoms with Gasteiger partial charge >= 0.3 is 6.09 Å². The number of anilines is 1. The maximum absolute atomic E-state index is 14.1. The average Bonchev–Trinajstić information content (AvgIpc) is 2.79. The Hall–Kier alpha value is -3.15. The van der Waals surface area contributed by atoms with Crippen LogP contribution in [0.1, 0.15) is 43.9 Å². The predicted molar refractivity (Wildman–Crippen MR) is 127 cm³/mol. The molecule has 0 unspecified atom stereocenters. The van der Waals surface area contributed by atoms with Crippen LogP contribution in [0.15, 0.2) is 42.5 Å². The minimum Gasteiger partial charge on any atom is -0.444 e. The fraction of sp³-hybridized carbons (Fsp3) is 0.462. The summed E-state index contributed by atoms with van der Waals surface area (Å²) in [5, 5.41) is 11.8. The maximum atomic E-state index is 14.1. The molecule has 3 rings (SSSR count). The summed E-state index contributed by atoms with van der Waals surface area (Å²) in [6.45, 7) is 8.90. The van der Waals surface area contributed by atoms with Crippen LogP contribution in [0.5, 0.6) is 0 Å². The van der Waals surface area contributed by atoms with Crippen LogP contribution in [-0.4, -0.2) is 43.8 Å². The van der Waals surface area contributed by atoms with E-state index in [1.54, 1.807) is 52.0 Å². The lowest BCUT2D eigenvalue weighted by atomic mass is 10.1. The first-order chi connectivity index (χ1) is 16.1. The molecular weight excluding hydrogens is 437 g/mol. The smallest absolute Gasteiger partial charge is 0.408 e. The second kappa shape index (κ2) is 11.3. The number of halogens is 1. The highest BCUT2D eigenvalue weighted by Gasteiger charge is 2.26. The number of carbonyl (C=O) groups is 1. The van der Waals surface area contributed by atoms with Crippen molar-refractivity contribution in [2.24, 2.45) is 0 Å². The Balaban J connectivity index is 1.58. The second-order valence-corrected chi connectivity index (χ2v) is 9.39. The molecule has 1 aliphatic rings. The number of nitrogens with one attached hydrogen (secondary N) is 1. The molecule has 0 aliphatic carbocycles. The Kier molecular flexibility index (Phi) is 8.48. The Labute approximate surface area is 200 Å². The van der Waals surface area contributed by atoms with Crippen molar-refractivity contribution >= 4 is 11.8 Å². The molecule has 1 amide bonds. The first-order valence-electron chi connectivity index (χ1n) is 11.4. The summed E-state index contributed by atoms with van der Waals surface area (Å²) in [7, 11) is 0. The summed E-state index contributed by atoms with van der Waals surface area (Å²) in [6, 6.07) is 14.4. The van der Waals surface area contributed by atoms with Gasteiger partial charge in [-0.1, -0.05) is 12.1 Å². The molecule has 0 bridgehead atoms. The third-order valence-corrected chi connectivity index (χ3v) is 5.29. The van der Waals surface area contributed by atoms with E-state index in [2.05, 4.69) is 16.3 Å². The number of carbonyl (C=O) groups excluding carboxylic acids is 1. The van der Waals surface area contributed by atoms with Crippen molar-refractivity contribution in [1.82, 2.24) is 5.32 Å². The Morgan fingerprint density at radius 1 is 1.21 bits per heavy atom. The number of ether oxygens (including phenoxy) is 3. The molecule has 1 heterocycles. The van der Waals surface area contributed by atoms with Gasteiger partial charge in [-0.2, -0.15) is 5.26 Å². The zero-order valence-corrected chi connectivity index (χ0v) is 20.1. The van der Waals surface area contributed by atoms with Gasteiger partial charge in [0.2, 0.25) is 0 Å². The van der Waals surface area contributed by atoms with E-state index in [4.69, 9.17) is 19.5 Å². The van der Waals surface area contributed by atoms with Gasteiger partial charge in [0.25, 0.3) is 0 Å². The number of nitriles is 1. The summed E-state index contributed by atoms with van der Waals surface area (Å²) in [5.41, 5.74) is 2.37. The molecule has 0 spiro atoms. The van der Waals surface area contributed by atoms with Crippen molar-refractivity contribution in [2.45, 2.75) is 58.6 Å². The van der Waals surface area contributed by atoms with Crippen molar-refractivity contribution in [3.63, 3.8) is 0 Å². The summed E-state index contributed by atoms with van der Waals surface area (Å²) < 4.78 is 31.0. The zero-order chi connectivity index (χ0) is 24.7. The molecule has 1 aliphatic heterocycles. The van der Waals surface area contributed by atoms with E-state index in [1.807, 2.05) is 18.2 Å². The van der Waals surface area contributed by atoms with Gasteiger partial charge in [0.1, 0.15) is 11.4 Å². The number of alkyl carbamates (subject to hydrolysis) is 1. The van der Waals surface area contributed by atoms with Gasteiger partial charge in [0.05, 0.1) is 30.9 Å². The number of benzene rings is 2. The van der Waals surface area contributed by atoms with Crippen LogP contribution in [0.2, 0.25) is 0 Å². The largest absolute Gasteiger partial charge is 0.444 e. The standard InChI is InChI=1S/C26H32FN3O4/c1-18-5-6-20(13-23(18)27)15-30(22-9-7-19(14-28)8-10-22)12-11-24-32-16-21(17-33-24)29-25(31)34-26(2,3)4/h5-10,13,21,24H,11-12,15-17H2,1-4H3,(H,29,31). The van der Waals surface area contributed by atoms with Crippen LogP contribution < -0.4 is 10.2 Å². The van der Waals surface area contributed by atoms with Gasteiger partial charge in [-0.05, 0) is 69.2 Å². The lowest BCUT2D eigenvalue weighted by Gasteiger charge is -2.32. The van der Waals surface area contributed by atoms with Gasteiger partial charge in [-0.25, -0.2) is 9.18 Å². The highest BCUT2D eigenvalue weighted by molar-refractivity contribution is 5.68. The lowest BCUT2D eigenvalue weighted by molar-refractivity contribution is -0.190.